The number of carboxylic acids is 1. The second-order valence-electron chi connectivity index (χ2n) is 2.67. The van der Waals surface area contributed by atoms with Gasteiger partial charge in [-0.05, 0) is 88.0 Å². The molecule has 0 radical (unpaired) electrons. The molecule has 0 bridgehead atoms. The zero-order valence-corrected chi connectivity index (χ0v) is 15.0. The molecule has 0 amide bonds. The van der Waals surface area contributed by atoms with E-state index in [-0.39, 0.29) is 1.05 Å². The van der Waals surface area contributed by atoms with Gasteiger partial charge in [-0.15, -0.1) is 0 Å². The Morgan fingerprint density at radius 3 is 1.83 bits per heavy atom. The number of hydrogen-bond acceptors (Lipinski definition) is 2. The number of carboxylic acid groups (broad SMARTS) is 1. The molecule has 0 spiro atoms. The molecular formula is C11H5Br4NO2. The number of rotatable bonds is 0. The Labute approximate surface area is 138 Å². The maximum Gasteiger partial charge on any atom is 0.382 e. The van der Waals surface area contributed by atoms with Gasteiger partial charge in [-0.2, -0.15) is 5.26 Å². The van der Waals surface area contributed by atoms with Gasteiger partial charge in [0.15, 0.2) is 1.05 Å². The van der Waals surface area contributed by atoms with Crippen LogP contribution in [0.2, 0.25) is 0 Å². The van der Waals surface area contributed by atoms with E-state index < -0.39 is 5.97 Å². The number of nitrogens with zero attached hydrogens (tertiary/aromatic N) is 1. The highest BCUT2D eigenvalue weighted by Crippen LogP contribution is 2.39. The van der Waals surface area contributed by atoms with Crippen molar-refractivity contribution in [1.29, 1.82) is 5.26 Å². The van der Waals surface area contributed by atoms with Crippen molar-refractivity contribution in [3.63, 3.8) is 0 Å². The number of halogens is 4. The summed E-state index contributed by atoms with van der Waals surface area (Å²) in [6, 6.07) is 8.34. The summed E-state index contributed by atoms with van der Waals surface area (Å²) in [5.41, 5.74) is 1.11. The molecule has 1 N–H and O–H groups in total. The topological polar surface area (TPSA) is 61.1 Å². The average Bonchev–Trinajstić information content (AvgIpc) is 2.25. The number of benzene rings is 1. The average molecular weight is 503 g/mol. The summed E-state index contributed by atoms with van der Waals surface area (Å²) < 4.78 is -0.250. The molecule has 0 atom stereocenters. The Hall–Kier alpha value is -0.340. The molecule has 0 unspecified atom stereocenters. The highest BCUT2D eigenvalue weighted by atomic mass is 80.0. The van der Waals surface area contributed by atoms with Crippen molar-refractivity contribution < 1.29 is 9.90 Å². The normalized spacial score (nSPS) is 9.06. The Morgan fingerprint density at radius 2 is 1.50 bits per heavy atom. The van der Waals surface area contributed by atoms with Crippen LogP contribution in [0.1, 0.15) is 11.1 Å². The van der Waals surface area contributed by atoms with E-state index in [0.717, 1.165) is 0 Å². The van der Waals surface area contributed by atoms with Crippen molar-refractivity contribution in [1.82, 2.24) is 0 Å². The second kappa shape index (κ2) is 8.71. The van der Waals surface area contributed by atoms with Gasteiger partial charge >= 0.3 is 5.97 Å². The van der Waals surface area contributed by atoms with Crippen LogP contribution >= 0.6 is 63.7 Å². The van der Waals surface area contributed by atoms with E-state index >= 15 is 0 Å². The van der Waals surface area contributed by atoms with Gasteiger partial charge < -0.3 is 5.11 Å². The molecule has 1 aromatic carbocycles. The molecule has 0 fully saturated rings. The second-order valence-corrected chi connectivity index (χ2v) is 13.8. The molecular weight excluding hydrogens is 498 g/mol. The van der Waals surface area contributed by atoms with Crippen LogP contribution in [0.5, 0.6) is 0 Å². The smallest absolute Gasteiger partial charge is 0.382 e. The van der Waals surface area contributed by atoms with E-state index in [1.54, 1.807) is 24.3 Å². The number of hydrogen-bond donors (Lipinski definition) is 1. The number of alkyl halides is 4. The molecule has 1 rings (SSSR count). The zero-order chi connectivity index (χ0) is 14.2. The third-order valence-electron chi connectivity index (χ3n) is 1.33. The molecule has 18 heavy (non-hydrogen) atoms. The molecule has 0 aliphatic heterocycles. The lowest BCUT2D eigenvalue weighted by Crippen LogP contribution is -1.87. The predicted octanol–water partition coefficient (Wildman–Crippen LogP) is 4.17. The van der Waals surface area contributed by atoms with Crippen LogP contribution in [0.15, 0.2) is 24.3 Å². The van der Waals surface area contributed by atoms with Crippen LogP contribution in [0.3, 0.4) is 0 Å². The van der Waals surface area contributed by atoms with E-state index in [1.807, 2.05) is 12.0 Å². The number of aliphatic carboxylic acids is 1. The van der Waals surface area contributed by atoms with E-state index in [1.165, 1.54) is 0 Å². The SMILES string of the molecule is BrC(Br)(Br)Br.N#Cc1ccc(C#CC(=O)O)cc1. The fraction of sp³-hybridized carbons (Fsp3) is 0.0909. The number of nitriles is 1. The summed E-state index contributed by atoms with van der Waals surface area (Å²) in [4.78, 5) is 10.1. The first-order valence-corrected chi connectivity index (χ1v) is 7.40. The van der Waals surface area contributed by atoms with Gasteiger partial charge in [0.1, 0.15) is 0 Å². The minimum absolute atomic E-state index is 0.250. The first-order chi connectivity index (χ1) is 8.22. The Balaban J connectivity index is 0.000000494. The summed E-state index contributed by atoms with van der Waals surface area (Å²) in [7, 11) is 0. The van der Waals surface area contributed by atoms with Gasteiger partial charge in [-0.3, -0.25) is 0 Å². The lowest BCUT2D eigenvalue weighted by atomic mass is 10.1. The summed E-state index contributed by atoms with van der Waals surface area (Å²) in [6.07, 6.45) is 0. The third-order valence-corrected chi connectivity index (χ3v) is 1.33. The quantitative estimate of drug-likeness (QED) is 0.428. The van der Waals surface area contributed by atoms with Crippen molar-refractivity contribution >= 4 is 69.7 Å². The lowest BCUT2D eigenvalue weighted by Gasteiger charge is -1.93. The molecule has 94 valence electrons. The molecule has 1 aromatic rings. The van der Waals surface area contributed by atoms with Crippen molar-refractivity contribution in [3.8, 4) is 17.9 Å². The van der Waals surface area contributed by atoms with Gasteiger partial charge in [0.25, 0.3) is 0 Å². The minimum atomic E-state index is -1.16. The van der Waals surface area contributed by atoms with E-state index in [9.17, 15) is 4.79 Å². The zero-order valence-electron chi connectivity index (χ0n) is 8.62. The summed E-state index contributed by atoms with van der Waals surface area (Å²) in [5.74, 6) is 3.26. The maximum absolute atomic E-state index is 10.1. The summed E-state index contributed by atoms with van der Waals surface area (Å²) in [6.45, 7) is 0. The van der Waals surface area contributed by atoms with Gasteiger partial charge in [0.05, 0.1) is 11.6 Å². The van der Waals surface area contributed by atoms with E-state index in [0.29, 0.717) is 11.1 Å². The van der Waals surface area contributed by atoms with Crippen molar-refractivity contribution in [2.45, 2.75) is 1.05 Å². The maximum atomic E-state index is 10.1. The fourth-order valence-electron chi connectivity index (χ4n) is 0.754. The first kappa shape index (κ1) is 17.7. The summed E-state index contributed by atoms with van der Waals surface area (Å²) >= 11 is 12.5. The van der Waals surface area contributed by atoms with Crippen LogP contribution in [0.25, 0.3) is 0 Å². The molecule has 0 saturated carbocycles. The van der Waals surface area contributed by atoms with Gasteiger partial charge in [-0.25, -0.2) is 4.79 Å². The predicted molar refractivity (Wildman–Crippen MR) is 84.1 cm³/mol. The minimum Gasteiger partial charge on any atom is -0.472 e. The largest absolute Gasteiger partial charge is 0.472 e. The third kappa shape index (κ3) is 12.1. The Morgan fingerprint density at radius 1 is 1.11 bits per heavy atom. The Kier molecular flexibility index (Phi) is 8.54. The van der Waals surface area contributed by atoms with Crippen molar-refractivity contribution in [2.24, 2.45) is 0 Å². The molecule has 0 saturated heterocycles. The van der Waals surface area contributed by atoms with Crippen molar-refractivity contribution in [3.05, 3.63) is 35.4 Å². The highest BCUT2D eigenvalue weighted by Gasteiger charge is 2.08. The number of carbonyl (C=O) groups is 1. The molecule has 3 nitrogen and oxygen atoms in total. The van der Waals surface area contributed by atoms with E-state index in [2.05, 4.69) is 69.6 Å². The Bertz CT molecular complexity index is 497. The van der Waals surface area contributed by atoms with Crippen LogP contribution in [-0.4, -0.2) is 12.1 Å². The molecule has 7 heteroatoms. The van der Waals surface area contributed by atoms with Crippen LogP contribution in [0, 0.1) is 23.2 Å². The van der Waals surface area contributed by atoms with Gasteiger partial charge in [0, 0.05) is 11.5 Å². The molecule has 0 heterocycles. The molecule has 0 aliphatic carbocycles. The molecule has 0 aromatic heterocycles. The van der Waals surface area contributed by atoms with E-state index in [4.69, 9.17) is 10.4 Å². The lowest BCUT2D eigenvalue weighted by molar-refractivity contribution is -0.130. The summed E-state index contributed by atoms with van der Waals surface area (Å²) in [5, 5.41) is 16.7. The van der Waals surface area contributed by atoms with Crippen molar-refractivity contribution in [2.75, 3.05) is 0 Å². The van der Waals surface area contributed by atoms with Gasteiger partial charge in [-0.1, -0.05) is 5.92 Å². The van der Waals surface area contributed by atoms with Crippen LogP contribution in [-0.2, 0) is 4.79 Å². The highest BCUT2D eigenvalue weighted by molar-refractivity contribution is 9.52. The monoisotopic (exact) mass is 499 g/mol. The first-order valence-electron chi connectivity index (χ1n) is 4.23. The van der Waals surface area contributed by atoms with Gasteiger partial charge in [0.2, 0.25) is 0 Å². The van der Waals surface area contributed by atoms with Crippen LogP contribution in [0.4, 0.5) is 0 Å². The molecule has 0 aliphatic rings. The fourth-order valence-corrected chi connectivity index (χ4v) is 0.754. The van der Waals surface area contributed by atoms with Crippen LogP contribution < -0.4 is 0 Å². The standard InChI is InChI=1S/C10H5NO2.CBr4/c11-7-9-3-1-8(2-4-9)5-6-10(12)13;2-1(3,4)5/h1-4H,(H,12,13);.